The molecule has 2 atom stereocenters. The molecule has 84 valence electrons. The molecule has 0 aromatic heterocycles. The van der Waals surface area contributed by atoms with E-state index in [-0.39, 0.29) is 0 Å². The van der Waals surface area contributed by atoms with Gasteiger partial charge in [-0.25, -0.2) is 0 Å². The Bertz CT molecular complexity index is 243. The van der Waals surface area contributed by atoms with E-state index in [4.69, 9.17) is 6.42 Å². The molecule has 0 amide bonds. The highest BCUT2D eigenvalue weighted by Gasteiger charge is 2.33. The molecule has 15 heavy (non-hydrogen) atoms. The summed E-state index contributed by atoms with van der Waals surface area (Å²) in [5.41, 5.74) is 0. The molecule has 0 bridgehead atoms. The predicted octanol–water partition coefficient (Wildman–Crippen LogP) is 1.43. The summed E-state index contributed by atoms with van der Waals surface area (Å²) >= 11 is 0. The van der Waals surface area contributed by atoms with Crippen molar-refractivity contribution >= 4 is 0 Å². The highest BCUT2D eigenvalue weighted by atomic mass is 15.2. The molecule has 2 aliphatic heterocycles. The van der Waals surface area contributed by atoms with Crippen molar-refractivity contribution < 1.29 is 0 Å². The van der Waals surface area contributed by atoms with Gasteiger partial charge < -0.3 is 9.80 Å². The lowest BCUT2D eigenvalue weighted by Crippen LogP contribution is -2.52. The van der Waals surface area contributed by atoms with Crippen LogP contribution in [-0.2, 0) is 0 Å². The summed E-state index contributed by atoms with van der Waals surface area (Å²) in [6.45, 7) is 4.92. The van der Waals surface area contributed by atoms with Gasteiger partial charge >= 0.3 is 0 Å². The third-order valence-electron chi connectivity index (χ3n) is 4.00. The molecular formula is C13H22N2. The highest BCUT2D eigenvalue weighted by Crippen LogP contribution is 2.29. The minimum Gasteiger partial charge on any atom is -0.303 e. The molecule has 2 fully saturated rings. The van der Waals surface area contributed by atoms with Crippen LogP contribution < -0.4 is 0 Å². The van der Waals surface area contributed by atoms with Gasteiger partial charge in [-0.1, -0.05) is 0 Å². The van der Waals surface area contributed by atoms with Gasteiger partial charge in [-0.2, -0.15) is 0 Å². The van der Waals surface area contributed by atoms with E-state index in [2.05, 4.69) is 22.8 Å². The van der Waals surface area contributed by atoms with Gasteiger partial charge in [0, 0.05) is 25.6 Å². The molecule has 0 spiro atoms. The molecule has 0 N–H and O–H groups in total. The van der Waals surface area contributed by atoms with Crippen molar-refractivity contribution in [3.8, 4) is 12.3 Å². The number of piperidine rings is 2. The maximum atomic E-state index is 5.31. The summed E-state index contributed by atoms with van der Waals surface area (Å²) in [5, 5.41) is 0. The molecule has 2 heterocycles. The van der Waals surface area contributed by atoms with Gasteiger partial charge in [0.05, 0.1) is 0 Å². The van der Waals surface area contributed by atoms with Gasteiger partial charge in [-0.05, 0) is 45.3 Å². The fourth-order valence-electron chi connectivity index (χ4n) is 3.15. The van der Waals surface area contributed by atoms with Crippen LogP contribution in [0.15, 0.2) is 0 Å². The quantitative estimate of drug-likeness (QED) is 0.631. The Morgan fingerprint density at radius 2 is 2.20 bits per heavy atom. The SMILES string of the molecule is C#CCCN1CCC2C(CCCN2C)C1. The first kappa shape index (κ1) is 11.0. The van der Waals surface area contributed by atoms with Crippen molar-refractivity contribution in [1.29, 1.82) is 0 Å². The average molecular weight is 206 g/mol. The van der Waals surface area contributed by atoms with E-state index in [1.807, 2.05) is 0 Å². The smallest absolute Gasteiger partial charge is 0.0214 e. The molecule has 2 nitrogen and oxygen atoms in total. The zero-order valence-corrected chi connectivity index (χ0v) is 9.78. The third kappa shape index (κ3) is 2.53. The Balaban J connectivity index is 1.86. The normalized spacial score (nSPS) is 33.3. The van der Waals surface area contributed by atoms with Crippen LogP contribution in [0, 0.1) is 18.3 Å². The Morgan fingerprint density at radius 1 is 1.33 bits per heavy atom. The van der Waals surface area contributed by atoms with E-state index >= 15 is 0 Å². The van der Waals surface area contributed by atoms with Gasteiger partial charge in [-0.15, -0.1) is 12.3 Å². The number of rotatable bonds is 2. The van der Waals surface area contributed by atoms with E-state index in [1.54, 1.807) is 0 Å². The van der Waals surface area contributed by atoms with Crippen molar-refractivity contribution in [3.05, 3.63) is 0 Å². The van der Waals surface area contributed by atoms with Gasteiger partial charge in [0.2, 0.25) is 0 Å². The summed E-state index contributed by atoms with van der Waals surface area (Å²) in [6, 6.07) is 0.848. The second-order valence-electron chi connectivity index (χ2n) is 4.99. The number of hydrogen-bond acceptors (Lipinski definition) is 2. The van der Waals surface area contributed by atoms with Crippen molar-refractivity contribution in [2.24, 2.45) is 5.92 Å². The fraction of sp³-hybridized carbons (Fsp3) is 0.846. The van der Waals surface area contributed by atoms with Crippen molar-refractivity contribution in [2.75, 3.05) is 33.2 Å². The molecule has 0 aliphatic carbocycles. The van der Waals surface area contributed by atoms with E-state index in [1.165, 1.54) is 38.9 Å². The summed E-state index contributed by atoms with van der Waals surface area (Å²) in [5.74, 6) is 3.64. The lowest BCUT2D eigenvalue weighted by atomic mass is 9.84. The first-order valence-corrected chi connectivity index (χ1v) is 6.17. The van der Waals surface area contributed by atoms with E-state index in [9.17, 15) is 0 Å². The molecule has 0 saturated carbocycles. The standard InChI is InChI=1S/C13H22N2/c1-3-4-9-15-10-7-13-12(11-15)6-5-8-14(13)2/h1,12-13H,4-11H2,2H3. The van der Waals surface area contributed by atoms with Crippen molar-refractivity contribution in [3.63, 3.8) is 0 Å². The maximum Gasteiger partial charge on any atom is 0.0214 e. The van der Waals surface area contributed by atoms with Gasteiger partial charge in [0.15, 0.2) is 0 Å². The van der Waals surface area contributed by atoms with Crippen molar-refractivity contribution in [1.82, 2.24) is 9.80 Å². The van der Waals surface area contributed by atoms with E-state index in [0.717, 1.165) is 24.9 Å². The molecule has 2 unspecified atom stereocenters. The van der Waals surface area contributed by atoms with Crippen LogP contribution in [0.4, 0.5) is 0 Å². The fourth-order valence-corrected chi connectivity index (χ4v) is 3.15. The topological polar surface area (TPSA) is 6.48 Å². The van der Waals surface area contributed by atoms with Gasteiger partial charge in [0.1, 0.15) is 0 Å². The molecule has 0 radical (unpaired) electrons. The minimum atomic E-state index is 0.848. The van der Waals surface area contributed by atoms with Gasteiger partial charge in [0.25, 0.3) is 0 Å². The second kappa shape index (κ2) is 5.01. The lowest BCUT2D eigenvalue weighted by molar-refractivity contribution is 0.0396. The van der Waals surface area contributed by atoms with E-state index in [0.29, 0.717) is 0 Å². The number of hydrogen-bond donors (Lipinski definition) is 0. The molecule has 2 aliphatic rings. The Kier molecular flexibility index (Phi) is 3.66. The van der Waals surface area contributed by atoms with Crippen LogP contribution in [-0.4, -0.2) is 49.1 Å². The summed E-state index contributed by atoms with van der Waals surface area (Å²) in [7, 11) is 2.29. The number of fused-ring (bicyclic) bond motifs is 1. The Labute approximate surface area is 93.6 Å². The average Bonchev–Trinajstić information content (AvgIpc) is 2.26. The number of likely N-dealkylation sites (tertiary alicyclic amines) is 2. The lowest BCUT2D eigenvalue weighted by Gasteiger charge is -2.45. The number of terminal acetylenes is 1. The van der Waals surface area contributed by atoms with Crippen LogP contribution in [0.3, 0.4) is 0 Å². The van der Waals surface area contributed by atoms with E-state index < -0.39 is 0 Å². The Morgan fingerprint density at radius 3 is 3.00 bits per heavy atom. The third-order valence-corrected chi connectivity index (χ3v) is 4.00. The molecular weight excluding hydrogens is 184 g/mol. The van der Waals surface area contributed by atoms with Crippen LogP contribution >= 0.6 is 0 Å². The summed E-state index contributed by atoms with van der Waals surface area (Å²) in [4.78, 5) is 5.12. The molecule has 0 aromatic rings. The zero-order chi connectivity index (χ0) is 10.7. The minimum absolute atomic E-state index is 0.848. The van der Waals surface area contributed by atoms with Crippen LogP contribution in [0.25, 0.3) is 0 Å². The van der Waals surface area contributed by atoms with Gasteiger partial charge in [-0.3, -0.25) is 0 Å². The summed E-state index contributed by atoms with van der Waals surface area (Å²) in [6.07, 6.45) is 10.4. The van der Waals surface area contributed by atoms with Crippen molar-refractivity contribution in [2.45, 2.75) is 31.7 Å². The largest absolute Gasteiger partial charge is 0.303 e. The Hall–Kier alpha value is -0.520. The molecule has 2 heteroatoms. The first-order chi connectivity index (χ1) is 7.31. The predicted molar refractivity (Wildman–Crippen MR) is 63.6 cm³/mol. The molecule has 2 rings (SSSR count). The first-order valence-electron chi connectivity index (χ1n) is 6.17. The zero-order valence-electron chi connectivity index (χ0n) is 9.78. The van der Waals surface area contributed by atoms with Crippen LogP contribution in [0.1, 0.15) is 25.7 Å². The monoisotopic (exact) mass is 206 g/mol. The highest BCUT2D eigenvalue weighted by molar-refractivity contribution is 4.91. The molecule has 0 aromatic carbocycles. The second-order valence-corrected chi connectivity index (χ2v) is 4.99. The maximum absolute atomic E-state index is 5.31. The molecule has 2 saturated heterocycles. The number of nitrogens with zero attached hydrogens (tertiary/aromatic N) is 2. The summed E-state index contributed by atoms with van der Waals surface area (Å²) < 4.78 is 0. The van der Waals surface area contributed by atoms with Crippen LogP contribution in [0.5, 0.6) is 0 Å². The van der Waals surface area contributed by atoms with Crippen LogP contribution in [0.2, 0.25) is 0 Å².